The maximum absolute atomic E-state index is 15.8. The number of benzene rings is 2. The highest BCUT2D eigenvalue weighted by Crippen LogP contribution is 2.42. The zero-order valence-electron chi connectivity index (χ0n) is 20.0. The van der Waals surface area contributed by atoms with Crippen LogP contribution in [0.4, 0.5) is 20.2 Å². The number of sulfonamides is 1. The van der Waals surface area contributed by atoms with Crippen molar-refractivity contribution in [1.29, 1.82) is 0 Å². The van der Waals surface area contributed by atoms with Gasteiger partial charge in [0.1, 0.15) is 5.56 Å². The molecule has 2 aromatic carbocycles. The number of amides is 1. The second kappa shape index (κ2) is 11.9. The number of carbonyl (C=O) groups excluding carboxylic acids is 1. The van der Waals surface area contributed by atoms with E-state index in [1.165, 1.54) is 12.4 Å². The second-order valence-electron chi connectivity index (χ2n) is 8.70. The van der Waals surface area contributed by atoms with Gasteiger partial charge in [0.2, 0.25) is 10.0 Å². The lowest BCUT2D eigenvalue weighted by atomic mass is 10.1. The number of pyridine rings is 1. The normalized spacial score (nSPS) is 13.5. The van der Waals surface area contributed by atoms with Gasteiger partial charge in [0, 0.05) is 34.7 Å². The quantitative estimate of drug-likeness (QED) is 0.252. The van der Waals surface area contributed by atoms with Crippen LogP contribution in [0.15, 0.2) is 53.7 Å². The van der Waals surface area contributed by atoms with Crippen molar-refractivity contribution >= 4 is 49.9 Å². The summed E-state index contributed by atoms with van der Waals surface area (Å²) in [7, 11) is -4.85. The topological polar surface area (TPSA) is 135 Å². The molecule has 13 heteroatoms. The van der Waals surface area contributed by atoms with Crippen molar-refractivity contribution in [2.75, 3.05) is 25.1 Å². The monoisotopic (exact) mass is 658 g/mol. The van der Waals surface area contributed by atoms with E-state index in [-0.39, 0.29) is 19.1 Å². The van der Waals surface area contributed by atoms with E-state index in [9.17, 15) is 18.3 Å². The smallest absolute Gasteiger partial charge is 0.254 e. The molecule has 1 heterocycles. The van der Waals surface area contributed by atoms with E-state index in [0.29, 0.717) is 11.3 Å². The van der Waals surface area contributed by atoms with E-state index < -0.39 is 62.6 Å². The van der Waals surface area contributed by atoms with Gasteiger partial charge in [-0.05, 0) is 83.3 Å². The van der Waals surface area contributed by atoms with Crippen LogP contribution in [0, 0.1) is 21.1 Å². The van der Waals surface area contributed by atoms with E-state index in [2.05, 4.69) is 32.9 Å². The molecule has 0 aliphatic heterocycles. The number of halogens is 3. The van der Waals surface area contributed by atoms with Crippen molar-refractivity contribution in [2.45, 2.75) is 24.3 Å². The van der Waals surface area contributed by atoms with Crippen molar-refractivity contribution < 1.29 is 31.8 Å². The molecule has 1 aliphatic rings. The predicted molar refractivity (Wildman–Crippen MR) is 144 cm³/mol. The number of carbonyl (C=O) groups is 1. The Morgan fingerprint density at radius 2 is 1.82 bits per heavy atom. The molecule has 0 unspecified atom stereocenters. The third-order valence-electron chi connectivity index (χ3n) is 5.87. The summed E-state index contributed by atoms with van der Waals surface area (Å²) in [4.78, 5) is 15.4. The Labute approximate surface area is 232 Å². The summed E-state index contributed by atoms with van der Waals surface area (Å²) >= 11 is 2.07. The number of primary amides is 1. The molecule has 4 N–H and O–H groups in total. The summed E-state index contributed by atoms with van der Waals surface area (Å²) in [5, 5.41) is 12.2. The average molecular weight is 658 g/mol. The minimum Gasteiger partial charge on any atom is -0.491 e. The van der Waals surface area contributed by atoms with Crippen molar-refractivity contribution in [3.05, 3.63) is 75.1 Å². The van der Waals surface area contributed by atoms with E-state index in [0.717, 1.165) is 20.7 Å². The third kappa shape index (κ3) is 6.22. The highest BCUT2D eigenvalue weighted by molar-refractivity contribution is 14.1. The minimum atomic E-state index is -4.85. The standard InChI is InChI=1S/C25H25F2IN4O5S/c26-20-21(27)24(38(35,36)32(11-12-33)13-15-7-9-30-10-8-15)23(37-14-16-1-2-16)19(25(29)34)22(20)31-18-5-3-17(28)4-6-18/h3-10,16,31,33H,1-2,11-14H2,(H2,29,34). The number of aliphatic hydroxyl groups excluding tert-OH is 1. The SMILES string of the molecule is NC(=O)c1c(Nc2ccc(I)cc2)c(F)c(F)c(S(=O)(=O)N(CCO)Cc2ccncc2)c1OCC1CC1. The lowest BCUT2D eigenvalue weighted by molar-refractivity contribution is 0.0995. The summed E-state index contributed by atoms with van der Waals surface area (Å²) in [6.45, 7) is -1.31. The molecule has 9 nitrogen and oxygen atoms in total. The van der Waals surface area contributed by atoms with E-state index in [4.69, 9.17) is 10.5 Å². The fourth-order valence-corrected chi connectivity index (χ4v) is 5.72. The van der Waals surface area contributed by atoms with Crippen LogP contribution < -0.4 is 15.8 Å². The van der Waals surface area contributed by atoms with Crippen LogP contribution in [0.1, 0.15) is 28.8 Å². The van der Waals surface area contributed by atoms with Crippen molar-refractivity contribution in [3.63, 3.8) is 0 Å². The highest BCUT2D eigenvalue weighted by Gasteiger charge is 2.39. The number of nitrogens with two attached hydrogens (primary N) is 1. The Kier molecular flexibility index (Phi) is 8.80. The Bertz CT molecular complexity index is 1420. The molecule has 38 heavy (non-hydrogen) atoms. The first-order valence-electron chi connectivity index (χ1n) is 11.6. The molecule has 0 radical (unpaired) electrons. The summed E-state index contributed by atoms with van der Waals surface area (Å²) in [6.07, 6.45) is 4.51. The van der Waals surface area contributed by atoms with Gasteiger partial charge in [-0.1, -0.05) is 0 Å². The Hall–Kier alpha value is -2.88. The number of aromatic nitrogens is 1. The Balaban J connectivity index is 1.90. The predicted octanol–water partition coefficient (Wildman–Crippen LogP) is 3.78. The summed E-state index contributed by atoms with van der Waals surface area (Å²) in [6, 6.07) is 9.66. The molecular formula is C25H25F2IN4O5S. The Morgan fingerprint density at radius 3 is 2.39 bits per heavy atom. The highest BCUT2D eigenvalue weighted by atomic mass is 127. The van der Waals surface area contributed by atoms with Gasteiger partial charge in [-0.25, -0.2) is 17.2 Å². The molecular weight excluding hydrogens is 633 g/mol. The van der Waals surface area contributed by atoms with Gasteiger partial charge >= 0.3 is 0 Å². The lowest BCUT2D eigenvalue weighted by Gasteiger charge is -2.25. The second-order valence-corrected chi connectivity index (χ2v) is 11.8. The maximum atomic E-state index is 15.8. The van der Waals surface area contributed by atoms with Crippen LogP contribution in [-0.2, 0) is 16.6 Å². The molecule has 1 saturated carbocycles. The number of nitrogens with zero attached hydrogens (tertiary/aromatic N) is 2. The van der Waals surface area contributed by atoms with E-state index in [1.807, 2.05) is 0 Å². The van der Waals surface area contributed by atoms with Gasteiger partial charge in [-0.3, -0.25) is 9.78 Å². The van der Waals surface area contributed by atoms with Gasteiger partial charge in [0.15, 0.2) is 22.3 Å². The summed E-state index contributed by atoms with van der Waals surface area (Å²) < 4.78 is 66.4. The summed E-state index contributed by atoms with van der Waals surface area (Å²) in [5.41, 5.74) is 5.14. The zero-order chi connectivity index (χ0) is 27.4. The number of rotatable bonds is 12. The molecule has 1 aliphatic carbocycles. The average Bonchev–Trinajstić information content (AvgIpc) is 3.71. The first kappa shape index (κ1) is 28.1. The van der Waals surface area contributed by atoms with Gasteiger partial charge in [-0.2, -0.15) is 4.31 Å². The molecule has 0 saturated heterocycles. The fraction of sp³-hybridized carbons (Fsp3) is 0.280. The molecule has 0 bridgehead atoms. The number of ether oxygens (including phenoxy) is 1. The molecule has 1 amide bonds. The van der Waals surface area contributed by atoms with Crippen molar-refractivity contribution in [3.8, 4) is 5.75 Å². The molecule has 0 atom stereocenters. The minimum absolute atomic E-state index is 0.0127. The van der Waals surface area contributed by atoms with Gasteiger partial charge < -0.3 is 20.9 Å². The molecule has 4 rings (SSSR count). The van der Waals surface area contributed by atoms with Crippen molar-refractivity contribution in [1.82, 2.24) is 9.29 Å². The number of anilines is 2. The lowest BCUT2D eigenvalue weighted by Crippen LogP contribution is -2.35. The number of hydrogen-bond acceptors (Lipinski definition) is 7. The van der Waals surface area contributed by atoms with Crippen LogP contribution in [0.5, 0.6) is 5.75 Å². The largest absolute Gasteiger partial charge is 0.491 e. The van der Waals surface area contributed by atoms with Gasteiger partial charge in [0.05, 0.1) is 18.9 Å². The van der Waals surface area contributed by atoms with Crippen LogP contribution in [0.25, 0.3) is 0 Å². The fourth-order valence-electron chi connectivity index (χ4n) is 3.75. The first-order chi connectivity index (χ1) is 18.1. The molecule has 1 aromatic heterocycles. The summed E-state index contributed by atoms with van der Waals surface area (Å²) in [5.74, 6) is -5.14. The van der Waals surface area contributed by atoms with E-state index in [1.54, 1.807) is 36.4 Å². The Morgan fingerprint density at radius 1 is 1.16 bits per heavy atom. The van der Waals surface area contributed by atoms with Gasteiger partial charge in [0.25, 0.3) is 5.91 Å². The van der Waals surface area contributed by atoms with Crippen LogP contribution >= 0.6 is 22.6 Å². The molecule has 3 aromatic rings. The van der Waals surface area contributed by atoms with Gasteiger partial charge in [-0.15, -0.1) is 0 Å². The molecule has 202 valence electrons. The maximum Gasteiger partial charge on any atom is 0.254 e. The first-order valence-corrected chi connectivity index (χ1v) is 14.2. The third-order valence-corrected chi connectivity index (χ3v) is 8.46. The number of nitrogens with one attached hydrogen (secondary N) is 1. The number of hydrogen-bond donors (Lipinski definition) is 3. The zero-order valence-corrected chi connectivity index (χ0v) is 23.0. The molecule has 1 fully saturated rings. The van der Waals surface area contributed by atoms with E-state index >= 15 is 8.78 Å². The number of aliphatic hydroxyl groups is 1. The van der Waals surface area contributed by atoms with Crippen molar-refractivity contribution in [2.24, 2.45) is 11.7 Å². The van der Waals surface area contributed by atoms with Crippen LogP contribution in [-0.4, -0.2) is 48.5 Å². The van der Waals surface area contributed by atoms with Crippen LogP contribution in [0.2, 0.25) is 0 Å². The van der Waals surface area contributed by atoms with Crippen LogP contribution in [0.3, 0.4) is 0 Å². The molecule has 0 spiro atoms.